The summed E-state index contributed by atoms with van der Waals surface area (Å²) in [7, 11) is 0. The molecule has 0 aliphatic heterocycles. The van der Waals surface area contributed by atoms with E-state index in [4.69, 9.17) is 16.7 Å². The van der Waals surface area contributed by atoms with E-state index in [1.165, 1.54) is 6.07 Å². The number of halogens is 1. The summed E-state index contributed by atoms with van der Waals surface area (Å²) in [6.45, 7) is 0. The van der Waals surface area contributed by atoms with E-state index in [0.29, 0.717) is 10.7 Å². The van der Waals surface area contributed by atoms with Crippen LogP contribution in [0.15, 0.2) is 42.5 Å². The van der Waals surface area contributed by atoms with E-state index < -0.39 is 5.97 Å². The van der Waals surface area contributed by atoms with Crippen molar-refractivity contribution in [1.29, 1.82) is 0 Å². The van der Waals surface area contributed by atoms with Gasteiger partial charge in [-0.15, -0.1) is 0 Å². The number of hydrogen-bond acceptors (Lipinski definition) is 2. The minimum Gasteiger partial charge on any atom is -0.477 e. The minimum absolute atomic E-state index is 0.0354. The first kappa shape index (κ1) is 12.3. The Labute approximate surface area is 109 Å². The molecule has 2 rings (SSSR count). The number of benzene rings is 1. The predicted molar refractivity (Wildman–Crippen MR) is 71.6 cm³/mol. The van der Waals surface area contributed by atoms with Crippen LogP contribution in [0.3, 0.4) is 0 Å². The molecule has 0 fully saturated rings. The second-order valence-electron chi connectivity index (χ2n) is 3.64. The molecule has 1 heterocycles. The lowest BCUT2D eigenvalue weighted by molar-refractivity contribution is 0.0690. The Morgan fingerprint density at radius 3 is 2.50 bits per heavy atom. The lowest BCUT2D eigenvalue weighted by atomic mass is 10.2. The van der Waals surface area contributed by atoms with Crippen molar-refractivity contribution in [2.75, 3.05) is 0 Å². The van der Waals surface area contributed by atoms with Crippen LogP contribution in [-0.2, 0) is 0 Å². The standard InChI is InChI=1S/C14H10ClNO2/c15-11-7-4-10(5-8-11)6-9-12-2-1-3-13(16-12)14(17)18/h1-9H,(H,17,18)/b9-6+. The molecule has 0 amide bonds. The van der Waals surface area contributed by atoms with Gasteiger partial charge in [0.05, 0.1) is 5.69 Å². The molecule has 0 spiro atoms. The molecule has 2 aromatic rings. The van der Waals surface area contributed by atoms with E-state index in [1.807, 2.05) is 18.2 Å². The van der Waals surface area contributed by atoms with Gasteiger partial charge in [-0.05, 0) is 35.9 Å². The van der Waals surface area contributed by atoms with Gasteiger partial charge in [-0.2, -0.15) is 0 Å². The third kappa shape index (κ3) is 3.18. The van der Waals surface area contributed by atoms with Crippen LogP contribution < -0.4 is 0 Å². The lowest BCUT2D eigenvalue weighted by Gasteiger charge is -1.97. The zero-order valence-corrected chi connectivity index (χ0v) is 10.1. The second kappa shape index (κ2) is 5.47. The van der Waals surface area contributed by atoms with E-state index in [9.17, 15) is 4.79 Å². The molecule has 90 valence electrons. The number of carboxylic acids is 1. The molecule has 1 aromatic heterocycles. The van der Waals surface area contributed by atoms with Crippen molar-refractivity contribution < 1.29 is 9.90 Å². The first-order valence-electron chi connectivity index (χ1n) is 5.29. The van der Waals surface area contributed by atoms with Gasteiger partial charge < -0.3 is 5.11 Å². The van der Waals surface area contributed by atoms with Gasteiger partial charge in [-0.1, -0.05) is 35.9 Å². The molecule has 1 aromatic carbocycles. The van der Waals surface area contributed by atoms with Crippen molar-refractivity contribution in [2.24, 2.45) is 0 Å². The largest absolute Gasteiger partial charge is 0.477 e. The van der Waals surface area contributed by atoms with Crippen LogP contribution in [0.2, 0.25) is 5.02 Å². The smallest absolute Gasteiger partial charge is 0.354 e. The highest BCUT2D eigenvalue weighted by molar-refractivity contribution is 6.30. The second-order valence-corrected chi connectivity index (χ2v) is 4.07. The predicted octanol–water partition coefficient (Wildman–Crippen LogP) is 3.60. The topological polar surface area (TPSA) is 50.2 Å². The first-order chi connectivity index (χ1) is 8.65. The Hall–Kier alpha value is -2.13. The van der Waals surface area contributed by atoms with Crippen LogP contribution in [-0.4, -0.2) is 16.1 Å². The van der Waals surface area contributed by atoms with Crippen molar-refractivity contribution in [3.8, 4) is 0 Å². The normalized spacial score (nSPS) is 10.7. The van der Waals surface area contributed by atoms with E-state index in [-0.39, 0.29) is 5.69 Å². The number of aromatic nitrogens is 1. The Balaban J connectivity index is 2.20. The molecular weight excluding hydrogens is 250 g/mol. The fraction of sp³-hybridized carbons (Fsp3) is 0. The Bertz CT molecular complexity index is 591. The van der Waals surface area contributed by atoms with Gasteiger partial charge >= 0.3 is 5.97 Å². The number of carboxylic acid groups (broad SMARTS) is 1. The molecule has 18 heavy (non-hydrogen) atoms. The average molecular weight is 260 g/mol. The monoisotopic (exact) mass is 259 g/mol. The van der Waals surface area contributed by atoms with Crippen molar-refractivity contribution in [2.45, 2.75) is 0 Å². The summed E-state index contributed by atoms with van der Waals surface area (Å²) in [5.41, 5.74) is 1.61. The summed E-state index contributed by atoms with van der Waals surface area (Å²) in [5, 5.41) is 9.50. The number of pyridine rings is 1. The van der Waals surface area contributed by atoms with E-state index in [2.05, 4.69) is 4.98 Å². The van der Waals surface area contributed by atoms with Crippen LogP contribution in [0.1, 0.15) is 21.7 Å². The quantitative estimate of drug-likeness (QED) is 0.916. The van der Waals surface area contributed by atoms with E-state index in [0.717, 1.165) is 5.56 Å². The van der Waals surface area contributed by atoms with Gasteiger partial charge in [-0.3, -0.25) is 0 Å². The molecule has 0 aliphatic rings. The average Bonchev–Trinajstić information content (AvgIpc) is 2.38. The van der Waals surface area contributed by atoms with Gasteiger partial charge in [0.15, 0.2) is 0 Å². The molecule has 3 nitrogen and oxygen atoms in total. The third-order valence-electron chi connectivity index (χ3n) is 2.31. The maximum absolute atomic E-state index is 10.8. The van der Waals surface area contributed by atoms with Gasteiger partial charge in [-0.25, -0.2) is 9.78 Å². The van der Waals surface area contributed by atoms with E-state index >= 15 is 0 Å². The highest BCUT2D eigenvalue weighted by atomic mass is 35.5. The first-order valence-corrected chi connectivity index (χ1v) is 5.67. The van der Waals surface area contributed by atoms with Crippen molar-refractivity contribution in [1.82, 2.24) is 4.98 Å². The summed E-state index contributed by atoms with van der Waals surface area (Å²) in [4.78, 5) is 14.8. The third-order valence-corrected chi connectivity index (χ3v) is 2.56. The molecule has 1 N–H and O–H groups in total. The van der Waals surface area contributed by atoms with Gasteiger partial charge in [0.2, 0.25) is 0 Å². The zero-order valence-electron chi connectivity index (χ0n) is 9.38. The summed E-state index contributed by atoms with van der Waals surface area (Å²) < 4.78 is 0. The number of hydrogen-bond donors (Lipinski definition) is 1. The highest BCUT2D eigenvalue weighted by Crippen LogP contribution is 2.12. The van der Waals surface area contributed by atoms with Crippen LogP contribution in [0, 0.1) is 0 Å². The molecular formula is C14H10ClNO2. The Morgan fingerprint density at radius 2 is 1.83 bits per heavy atom. The SMILES string of the molecule is O=C(O)c1cccc(/C=C/c2ccc(Cl)cc2)n1. The molecule has 0 saturated carbocycles. The van der Waals surface area contributed by atoms with E-state index in [1.54, 1.807) is 30.3 Å². The maximum Gasteiger partial charge on any atom is 0.354 e. The molecule has 0 atom stereocenters. The van der Waals surface area contributed by atoms with Crippen LogP contribution in [0.5, 0.6) is 0 Å². The lowest BCUT2D eigenvalue weighted by Crippen LogP contribution is -2.00. The maximum atomic E-state index is 10.8. The number of aromatic carboxylic acids is 1. The Morgan fingerprint density at radius 1 is 1.11 bits per heavy atom. The minimum atomic E-state index is -1.03. The summed E-state index contributed by atoms with van der Waals surface area (Å²) in [5.74, 6) is -1.03. The highest BCUT2D eigenvalue weighted by Gasteiger charge is 2.02. The molecule has 0 saturated heterocycles. The molecule has 0 radical (unpaired) electrons. The van der Waals surface area contributed by atoms with Gasteiger partial charge in [0, 0.05) is 5.02 Å². The van der Waals surface area contributed by atoms with Crippen LogP contribution in [0.25, 0.3) is 12.2 Å². The summed E-state index contributed by atoms with van der Waals surface area (Å²) in [6, 6.07) is 12.2. The fourth-order valence-corrected chi connectivity index (χ4v) is 1.54. The fourth-order valence-electron chi connectivity index (χ4n) is 1.42. The van der Waals surface area contributed by atoms with Crippen LogP contribution >= 0.6 is 11.6 Å². The number of rotatable bonds is 3. The number of nitrogens with zero attached hydrogens (tertiary/aromatic N) is 1. The summed E-state index contributed by atoms with van der Waals surface area (Å²) in [6.07, 6.45) is 3.61. The Kier molecular flexibility index (Phi) is 3.75. The molecule has 0 unspecified atom stereocenters. The number of carbonyl (C=O) groups is 1. The molecule has 0 bridgehead atoms. The summed E-state index contributed by atoms with van der Waals surface area (Å²) >= 11 is 5.78. The zero-order chi connectivity index (χ0) is 13.0. The van der Waals surface area contributed by atoms with Crippen LogP contribution in [0.4, 0.5) is 0 Å². The molecule has 4 heteroatoms. The van der Waals surface area contributed by atoms with Crippen molar-refractivity contribution in [3.05, 3.63) is 64.4 Å². The molecule has 0 aliphatic carbocycles. The van der Waals surface area contributed by atoms with Crippen molar-refractivity contribution >= 4 is 29.7 Å². The van der Waals surface area contributed by atoms with Crippen molar-refractivity contribution in [3.63, 3.8) is 0 Å². The van der Waals surface area contributed by atoms with Gasteiger partial charge in [0.25, 0.3) is 0 Å². The van der Waals surface area contributed by atoms with Gasteiger partial charge in [0.1, 0.15) is 5.69 Å².